The number of halogens is 1. The molecule has 3 heterocycles. The number of likely N-dealkylation sites (tertiary alicyclic amines) is 2. The van der Waals surface area contributed by atoms with Gasteiger partial charge in [-0.3, -0.25) is 14.3 Å². The van der Waals surface area contributed by atoms with Gasteiger partial charge in [0.05, 0.1) is 6.04 Å². The quantitative estimate of drug-likeness (QED) is 0.785. The molecule has 0 aliphatic carbocycles. The monoisotopic (exact) mass is 400 g/mol. The van der Waals surface area contributed by atoms with Gasteiger partial charge in [0.2, 0.25) is 5.91 Å². The number of carbonyl (C=O) groups is 2. The molecule has 0 spiro atoms. The number of nitrogens with zero attached hydrogens (tertiary/aromatic N) is 4. The molecule has 154 valence electrons. The van der Waals surface area contributed by atoms with Gasteiger partial charge in [0.25, 0.3) is 5.91 Å². The lowest BCUT2D eigenvalue weighted by molar-refractivity contribution is -0.136. The Kier molecular flexibility index (Phi) is 5.12. The van der Waals surface area contributed by atoms with E-state index >= 15 is 0 Å². The Balaban J connectivity index is 1.60. The fourth-order valence-corrected chi connectivity index (χ4v) is 4.62. The van der Waals surface area contributed by atoms with Crippen molar-refractivity contribution in [1.82, 2.24) is 19.6 Å². The van der Waals surface area contributed by atoms with Gasteiger partial charge in [0.15, 0.2) is 5.69 Å². The fourth-order valence-electron chi connectivity index (χ4n) is 4.62. The van der Waals surface area contributed by atoms with E-state index in [1.54, 1.807) is 21.7 Å². The summed E-state index contributed by atoms with van der Waals surface area (Å²) in [6, 6.07) is 7.88. The molecule has 2 saturated heterocycles. The zero-order chi connectivity index (χ0) is 20.7. The van der Waals surface area contributed by atoms with Crippen molar-refractivity contribution in [3.05, 3.63) is 53.1 Å². The smallest absolute Gasteiger partial charge is 0.274 e. The molecule has 2 aromatic rings. The lowest BCUT2D eigenvalue weighted by atomic mass is 9.89. The minimum atomic E-state index is -0.333. The van der Waals surface area contributed by atoms with E-state index in [2.05, 4.69) is 5.10 Å². The highest BCUT2D eigenvalue weighted by molar-refractivity contribution is 5.92. The predicted molar refractivity (Wildman–Crippen MR) is 104 cm³/mol. The average Bonchev–Trinajstić information content (AvgIpc) is 3.34. The van der Waals surface area contributed by atoms with Crippen molar-refractivity contribution in [3.8, 4) is 0 Å². The zero-order valence-corrected chi connectivity index (χ0v) is 16.8. The number of hydrogen-bond acceptors (Lipinski definition) is 4. The van der Waals surface area contributed by atoms with Gasteiger partial charge in [-0.25, -0.2) is 4.39 Å². The van der Waals surface area contributed by atoms with Crippen LogP contribution in [0.15, 0.2) is 30.3 Å². The maximum atomic E-state index is 13.9. The summed E-state index contributed by atoms with van der Waals surface area (Å²) in [5.41, 5.74) is 2.10. The van der Waals surface area contributed by atoms with Crippen LogP contribution in [0.2, 0.25) is 0 Å². The first-order valence-electron chi connectivity index (χ1n) is 9.73. The van der Waals surface area contributed by atoms with Crippen molar-refractivity contribution in [2.24, 2.45) is 18.9 Å². The van der Waals surface area contributed by atoms with Crippen molar-refractivity contribution >= 4 is 11.8 Å². The highest BCUT2D eigenvalue weighted by Gasteiger charge is 2.50. The third kappa shape index (κ3) is 3.53. The number of aromatic nitrogens is 2. The molecular weight excluding hydrogens is 375 g/mol. The Labute approximate surface area is 169 Å². The van der Waals surface area contributed by atoms with Crippen LogP contribution in [-0.2, 0) is 16.6 Å². The second-order valence-corrected chi connectivity index (χ2v) is 7.91. The molecule has 0 radical (unpaired) electrons. The van der Waals surface area contributed by atoms with Gasteiger partial charge in [-0.2, -0.15) is 5.10 Å². The molecule has 0 unspecified atom stereocenters. The number of hydrogen-bond donors (Lipinski definition) is 0. The first-order chi connectivity index (χ1) is 13.9. The number of carbonyl (C=O) groups excluding carboxylic acids is 2. The van der Waals surface area contributed by atoms with Crippen LogP contribution in [-0.4, -0.2) is 64.7 Å². The first-order valence-corrected chi connectivity index (χ1v) is 9.73. The van der Waals surface area contributed by atoms with E-state index in [0.717, 1.165) is 11.3 Å². The maximum Gasteiger partial charge on any atom is 0.274 e. The van der Waals surface area contributed by atoms with Crippen LogP contribution in [0, 0.1) is 24.6 Å². The Morgan fingerprint density at radius 3 is 2.69 bits per heavy atom. The van der Waals surface area contributed by atoms with E-state index < -0.39 is 0 Å². The Hall–Kier alpha value is -2.74. The molecule has 3 atom stereocenters. The van der Waals surface area contributed by atoms with Crippen LogP contribution in [0.4, 0.5) is 4.39 Å². The van der Waals surface area contributed by atoms with E-state index in [1.807, 2.05) is 24.9 Å². The number of fused-ring (bicyclic) bond motifs is 1. The molecule has 7 nitrogen and oxygen atoms in total. The number of rotatable bonds is 4. The maximum absolute atomic E-state index is 13.9. The lowest BCUT2D eigenvalue weighted by Crippen LogP contribution is -2.39. The van der Waals surface area contributed by atoms with Crippen molar-refractivity contribution in [1.29, 1.82) is 0 Å². The van der Waals surface area contributed by atoms with E-state index in [9.17, 15) is 14.0 Å². The third-order valence-electron chi connectivity index (χ3n) is 6.06. The van der Waals surface area contributed by atoms with Crippen molar-refractivity contribution in [2.75, 3.05) is 33.4 Å². The molecular formula is C21H25FN4O3. The topological polar surface area (TPSA) is 67.7 Å². The second kappa shape index (κ2) is 7.59. The highest BCUT2D eigenvalue weighted by atomic mass is 19.1. The van der Waals surface area contributed by atoms with Crippen LogP contribution in [0.5, 0.6) is 0 Å². The van der Waals surface area contributed by atoms with E-state index in [0.29, 0.717) is 25.3 Å². The minimum Gasteiger partial charge on any atom is -0.375 e. The molecule has 2 aliphatic heterocycles. The van der Waals surface area contributed by atoms with Gasteiger partial charge in [-0.05, 0) is 30.7 Å². The summed E-state index contributed by atoms with van der Waals surface area (Å²) in [6.45, 7) is 3.49. The number of amides is 2. The molecule has 29 heavy (non-hydrogen) atoms. The summed E-state index contributed by atoms with van der Waals surface area (Å²) >= 11 is 0. The molecule has 4 rings (SSSR count). The normalized spacial score (nSPS) is 23.5. The third-order valence-corrected chi connectivity index (χ3v) is 6.06. The van der Waals surface area contributed by atoms with Crippen LogP contribution in [0.25, 0.3) is 0 Å². The van der Waals surface area contributed by atoms with Gasteiger partial charge < -0.3 is 14.5 Å². The standard InChI is InChI=1S/C21H25FN4O3/c1-13-7-18(23-24(13)2)21(28)25-9-15-10-26(19(27)12-29-3)20(17(15)11-25)14-5-4-6-16(22)8-14/h4-8,15,17,20H,9-12H2,1-3H3/t15-,17-,20+/m1/s1. The molecule has 0 bridgehead atoms. The summed E-state index contributed by atoms with van der Waals surface area (Å²) in [4.78, 5) is 29.2. The summed E-state index contributed by atoms with van der Waals surface area (Å²) in [6.07, 6.45) is 0. The molecule has 2 amide bonds. The number of benzene rings is 1. The molecule has 0 N–H and O–H groups in total. The largest absolute Gasteiger partial charge is 0.375 e. The van der Waals surface area contributed by atoms with Crippen LogP contribution < -0.4 is 0 Å². The SMILES string of the molecule is COCC(=O)N1C[C@H]2CN(C(=O)c3cc(C)n(C)n3)C[C@H]2[C@@H]1c1cccc(F)c1. The molecule has 2 fully saturated rings. The lowest BCUT2D eigenvalue weighted by Gasteiger charge is -2.29. The zero-order valence-electron chi connectivity index (χ0n) is 16.8. The average molecular weight is 400 g/mol. The summed E-state index contributed by atoms with van der Waals surface area (Å²) < 4.78 is 20.6. The number of ether oxygens (including phenoxy) is 1. The highest BCUT2D eigenvalue weighted by Crippen LogP contribution is 2.45. The van der Waals surface area contributed by atoms with Gasteiger partial charge >= 0.3 is 0 Å². The molecule has 2 aliphatic rings. The van der Waals surface area contributed by atoms with Crippen molar-refractivity contribution < 1.29 is 18.7 Å². The summed E-state index contributed by atoms with van der Waals surface area (Å²) in [5.74, 6) is -0.366. The van der Waals surface area contributed by atoms with E-state index in [1.165, 1.54) is 19.2 Å². The number of aryl methyl sites for hydroxylation is 2. The van der Waals surface area contributed by atoms with Gasteiger partial charge in [0.1, 0.15) is 12.4 Å². The first kappa shape index (κ1) is 19.6. The van der Waals surface area contributed by atoms with E-state index in [4.69, 9.17) is 4.74 Å². The number of methoxy groups -OCH3 is 1. The molecule has 8 heteroatoms. The Morgan fingerprint density at radius 2 is 2.03 bits per heavy atom. The van der Waals surface area contributed by atoms with Gasteiger partial charge in [0, 0.05) is 51.3 Å². The molecule has 1 aromatic heterocycles. The van der Waals surface area contributed by atoms with E-state index in [-0.39, 0.29) is 42.1 Å². The van der Waals surface area contributed by atoms with Crippen molar-refractivity contribution in [3.63, 3.8) is 0 Å². The Bertz CT molecular complexity index is 924. The van der Waals surface area contributed by atoms with Gasteiger partial charge in [-0.1, -0.05) is 12.1 Å². The van der Waals surface area contributed by atoms with Crippen LogP contribution in [0.3, 0.4) is 0 Å². The molecule has 1 aromatic carbocycles. The van der Waals surface area contributed by atoms with Gasteiger partial charge in [-0.15, -0.1) is 0 Å². The molecule has 0 saturated carbocycles. The Morgan fingerprint density at radius 1 is 1.24 bits per heavy atom. The summed E-state index contributed by atoms with van der Waals surface area (Å²) in [5, 5.41) is 4.30. The predicted octanol–water partition coefficient (Wildman–Crippen LogP) is 1.79. The van der Waals surface area contributed by atoms with Crippen LogP contribution in [0.1, 0.15) is 27.8 Å². The fraction of sp³-hybridized carbons (Fsp3) is 0.476. The minimum absolute atomic E-state index is 0.0128. The van der Waals surface area contributed by atoms with Crippen LogP contribution >= 0.6 is 0 Å². The second-order valence-electron chi connectivity index (χ2n) is 7.91. The summed E-state index contributed by atoms with van der Waals surface area (Å²) in [7, 11) is 3.30. The van der Waals surface area contributed by atoms with Crippen molar-refractivity contribution in [2.45, 2.75) is 13.0 Å².